The maximum Gasteiger partial charge on any atom is 0.101 e. The fourth-order valence-corrected chi connectivity index (χ4v) is 1.92. The maximum atomic E-state index is 12.9. The Morgan fingerprint density at radius 3 is 2.70 bits per heavy atom. The quantitative estimate of drug-likeness (QED) is 0.461. The second-order valence-corrected chi connectivity index (χ2v) is 4.02. The number of nitrogens with zero attached hydrogens (tertiary/aromatic N) is 6. The first-order valence-electron chi connectivity index (χ1n) is 5.89. The smallest absolute Gasteiger partial charge is 0.101 e. The lowest BCUT2D eigenvalue weighted by atomic mass is 10.0. The van der Waals surface area contributed by atoms with Gasteiger partial charge in [-0.15, -0.1) is 5.10 Å². The van der Waals surface area contributed by atoms with Crippen LogP contribution in [0.4, 0.5) is 4.39 Å². The summed E-state index contributed by atoms with van der Waals surface area (Å²) >= 11 is 0. The van der Waals surface area contributed by atoms with Gasteiger partial charge in [-0.1, -0.05) is 22.5 Å². The summed E-state index contributed by atoms with van der Waals surface area (Å²) in [5.74, 6) is 0. The molecule has 2 rings (SSSR count). The van der Waals surface area contributed by atoms with E-state index in [0.717, 1.165) is 11.3 Å². The zero-order chi connectivity index (χ0) is 14.4. The lowest BCUT2D eigenvalue weighted by molar-refractivity contribution is 0.0722. The van der Waals surface area contributed by atoms with Crippen molar-refractivity contribution in [2.75, 3.05) is 13.8 Å². The first-order valence-corrected chi connectivity index (χ1v) is 5.89. The largest absolute Gasteiger partial charge is 0.376 e. The van der Waals surface area contributed by atoms with Crippen LogP contribution in [0.25, 0.3) is 16.1 Å². The van der Waals surface area contributed by atoms with E-state index in [4.69, 9.17) is 10.3 Å². The molecule has 0 unspecified atom stereocenters. The molecule has 0 amide bonds. The molecular weight excluding hydrogens is 263 g/mol. The number of hydrogen-bond acceptors (Lipinski definition) is 4. The van der Waals surface area contributed by atoms with Crippen LogP contribution in [-0.2, 0) is 4.74 Å². The van der Waals surface area contributed by atoms with Crippen LogP contribution in [0.5, 0.6) is 0 Å². The Morgan fingerprint density at radius 1 is 1.45 bits per heavy atom. The van der Waals surface area contributed by atoms with Gasteiger partial charge < -0.3 is 4.74 Å². The molecule has 0 saturated carbocycles. The summed E-state index contributed by atoms with van der Waals surface area (Å²) < 4.78 is 19.7. The Hall–Kier alpha value is -2.44. The van der Waals surface area contributed by atoms with Gasteiger partial charge in [0.15, 0.2) is 0 Å². The van der Waals surface area contributed by atoms with Crippen molar-refractivity contribution in [3.05, 3.63) is 52.7 Å². The molecule has 1 heterocycles. The van der Waals surface area contributed by atoms with Crippen molar-refractivity contribution in [1.82, 2.24) is 15.0 Å². The average Bonchev–Trinajstić information content (AvgIpc) is 3.02. The highest BCUT2D eigenvalue weighted by molar-refractivity contribution is 5.34. The number of halogens is 1. The molecule has 1 aromatic heterocycles. The summed E-state index contributed by atoms with van der Waals surface area (Å²) in [6.45, 7) is -0.784. The van der Waals surface area contributed by atoms with Crippen LogP contribution < -0.4 is 0 Å². The predicted molar refractivity (Wildman–Crippen MR) is 70.0 cm³/mol. The van der Waals surface area contributed by atoms with E-state index in [1.165, 1.54) is 7.11 Å². The lowest BCUT2D eigenvalue weighted by Crippen LogP contribution is -2.20. The van der Waals surface area contributed by atoms with Crippen LogP contribution in [0.3, 0.4) is 0 Å². The van der Waals surface area contributed by atoms with E-state index in [0.29, 0.717) is 0 Å². The first-order chi connectivity index (χ1) is 9.80. The van der Waals surface area contributed by atoms with Gasteiger partial charge in [-0.25, -0.2) is 4.68 Å². The molecule has 104 valence electrons. The molecule has 2 aromatic rings. The zero-order valence-electron chi connectivity index (χ0n) is 10.8. The molecule has 2 atom stereocenters. The number of hydrogen-bond donors (Lipinski definition) is 0. The standard InChI is InChI=1S/C12H13FN6O/c1-20-12(11(8-13)16-17-14)9-2-4-10(5-3-9)19-7-6-15-18-19/h2-7,11-12H,8H2,1H3/t11-,12-/m1/s1. The van der Waals surface area contributed by atoms with Crippen LogP contribution in [0.2, 0.25) is 0 Å². The van der Waals surface area contributed by atoms with Gasteiger partial charge >= 0.3 is 0 Å². The van der Waals surface area contributed by atoms with E-state index >= 15 is 0 Å². The Balaban J connectivity index is 2.25. The summed E-state index contributed by atoms with van der Waals surface area (Å²) in [7, 11) is 1.45. The normalized spacial score (nSPS) is 13.5. The molecule has 0 aliphatic rings. The molecule has 7 nitrogen and oxygen atoms in total. The molecule has 8 heteroatoms. The van der Waals surface area contributed by atoms with Crippen molar-refractivity contribution < 1.29 is 9.13 Å². The van der Waals surface area contributed by atoms with E-state index in [2.05, 4.69) is 20.3 Å². The third-order valence-electron chi connectivity index (χ3n) is 2.87. The van der Waals surface area contributed by atoms with Crippen molar-refractivity contribution in [3.8, 4) is 5.69 Å². The van der Waals surface area contributed by atoms with Crippen molar-refractivity contribution in [2.45, 2.75) is 12.1 Å². The van der Waals surface area contributed by atoms with Gasteiger partial charge in [0.25, 0.3) is 0 Å². The van der Waals surface area contributed by atoms with Crippen LogP contribution >= 0.6 is 0 Å². The molecular formula is C12H13FN6O. The Labute approximate surface area is 114 Å². The van der Waals surface area contributed by atoms with Gasteiger partial charge in [0.1, 0.15) is 6.67 Å². The minimum atomic E-state index is -0.887. The van der Waals surface area contributed by atoms with Crippen molar-refractivity contribution in [1.29, 1.82) is 0 Å². The molecule has 0 aliphatic heterocycles. The van der Waals surface area contributed by atoms with E-state index in [9.17, 15) is 4.39 Å². The Kier molecular flexibility index (Phi) is 4.65. The lowest BCUT2D eigenvalue weighted by Gasteiger charge is -2.20. The van der Waals surface area contributed by atoms with Crippen molar-refractivity contribution in [2.24, 2.45) is 5.11 Å². The summed E-state index contributed by atoms with van der Waals surface area (Å²) in [6, 6.07) is 6.28. The van der Waals surface area contributed by atoms with Crippen LogP contribution in [0.1, 0.15) is 11.7 Å². The molecule has 0 aliphatic carbocycles. The number of ether oxygens (including phenoxy) is 1. The van der Waals surface area contributed by atoms with Gasteiger partial charge in [-0.2, -0.15) is 0 Å². The molecule has 20 heavy (non-hydrogen) atoms. The number of alkyl halides is 1. The topological polar surface area (TPSA) is 88.7 Å². The van der Waals surface area contributed by atoms with Crippen molar-refractivity contribution >= 4 is 0 Å². The third-order valence-corrected chi connectivity index (χ3v) is 2.87. The predicted octanol–water partition coefficient (Wildman–Crippen LogP) is 2.60. The summed E-state index contributed by atoms with van der Waals surface area (Å²) in [6.07, 6.45) is 2.67. The van der Waals surface area contributed by atoms with Crippen LogP contribution in [0, 0.1) is 0 Å². The van der Waals surface area contributed by atoms with Gasteiger partial charge in [0, 0.05) is 12.0 Å². The fourth-order valence-electron chi connectivity index (χ4n) is 1.92. The van der Waals surface area contributed by atoms with Gasteiger partial charge in [-0.05, 0) is 23.2 Å². The highest BCUT2D eigenvalue weighted by Gasteiger charge is 2.22. The number of rotatable bonds is 6. The molecule has 0 saturated heterocycles. The van der Waals surface area contributed by atoms with Gasteiger partial charge in [-0.3, -0.25) is 4.39 Å². The number of aromatic nitrogens is 3. The van der Waals surface area contributed by atoms with Crippen LogP contribution in [-0.4, -0.2) is 34.8 Å². The maximum absolute atomic E-state index is 12.9. The third kappa shape index (κ3) is 2.93. The van der Waals surface area contributed by atoms with E-state index < -0.39 is 18.8 Å². The molecule has 0 fully saturated rings. The summed E-state index contributed by atoms with van der Waals surface area (Å²) in [5.41, 5.74) is 9.99. The molecule has 0 spiro atoms. The zero-order valence-corrected chi connectivity index (χ0v) is 10.8. The van der Waals surface area contributed by atoms with E-state index in [-0.39, 0.29) is 0 Å². The fraction of sp³-hybridized carbons (Fsp3) is 0.333. The highest BCUT2D eigenvalue weighted by Crippen LogP contribution is 2.24. The van der Waals surface area contributed by atoms with Gasteiger partial charge in [0.05, 0.1) is 30.2 Å². The Morgan fingerprint density at radius 2 is 2.20 bits per heavy atom. The monoisotopic (exact) mass is 276 g/mol. The number of azide groups is 1. The first kappa shape index (κ1) is 14.0. The molecule has 0 N–H and O–H groups in total. The number of methoxy groups -OCH3 is 1. The van der Waals surface area contributed by atoms with Crippen molar-refractivity contribution in [3.63, 3.8) is 0 Å². The minimum absolute atomic E-state index is 0.624. The van der Waals surface area contributed by atoms with Gasteiger partial charge in [0.2, 0.25) is 0 Å². The minimum Gasteiger partial charge on any atom is -0.376 e. The highest BCUT2D eigenvalue weighted by atomic mass is 19.1. The number of benzene rings is 1. The molecule has 0 radical (unpaired) electrons. The SMILES string of the molecule is CO[C@H](c1ccc(-n2ccnn2)cc1)[C@@H](CF)N=[N+]=[N-]. The molecule has 1 aromatic carbocycles. The van der Waals surface area contributed by atoms with E-state index in [1.807, 2.05) is 0 Å². The second-order valence-electron chi connectivity index (χ2n) is 4.02. The summed E-state index contributed by atoms with van der Waals surface area (Å²) in [4.78, 5) is 2.64. The summed E-state index contributed by atoms with van der Waals surface area (Å²) in [5, 5.41) is 11.0. The average molecular weight is 276 g/mol. The Bertz CT molecular complexity index is 579. The van der Waals surface area contributed by atoms with Crippen LogP contribution in [0.15, 0.2) is 41.8 Å². The molecule has 0 bridgehead atoms. The second kappa shape index (κ2) is 6.65. The van der Waals surface area contributed by atoms with E-state index in [1.54, 1.807) is 41.3 Å².